The number of aryl methyl sites for hydroxylation is 1. The van der Waals surface area contributed by atoms with E-state index in [0.29, 0.717) is 62.0 Å². The van der Waals surface area contributed by atoms with Gasteiger partial charge in [0, 0.05) is 35.0 Å². The number of methoxy groups -OCH3 is 3. The standard InChI is InChI=1S/C47H47ClF2N4O9/c1-57-36-13-15-37(16-14-36)62-43-20-18-39(58-2)28-32(43)8-21-44(55)52-54-25-5-7-41(47(54)61-27-23-50)53(31-34-29-40(59-3)17-19-42(34)60-26-22-49)45(56)30-33-6-4-24-51-46(33)63-38-11-9-35(48)10-12-38/h4-7,9-20,24-25,28-29,47H,8,21-23,26-27,30-31H2,1-3H3,(H,52,55). The molecule has 0 fully saturated rings. The first-order valence-electron chi connectivity index (χ1n) is 19.9. The first-order chi connectivity index (χ1) is 30.7. The smallest absolute Gasteiger partial charge is 0.238 e. The van der Waals surface area contributed by atoms with E-state index in [0.717, 1.165) is 0 Å². The van der Waals surface area contributed by atoms with Gasteiger partial charge in [-0.05, 0) is 115 Å². The van der Waals surface area contributed by atoms with Crippen LogP contribution in [-0.4, -0.2) is 80.8 Å². The van der Waals surface area contributed by atoms with Crippen LogP contribution in [0.25, 0.3) is 0 Å². The van der Waals surface area contributed by atoms with E-state index in [2.05, 4.69) is 10.4 Å². The van der Waals surface area contributed by atoms with Crippen LogP contribution in [0.1, 0.15) is 23.1 Å². The number of aromatic nitrogens is 1. The molecule has 0 radical (unpaired) electrons. The zero-order chi connectivity index (χ0) is 44.6. The van der Waals surface area contributed by atoms with E-state index in [1.165, 1.54) is 17.0 Å². The summed E-state index contributed by atoms with van der Waals surface area (Å²) in [6.45, 7) is -2.33. The number of hydrogen-bond acceptors (Lipinski definition) is 11. The van der Waals surface area contributed by atoms with Crippen LogP contribution in [0.3, 0.4) is 0 Å². The van der Waals surface area contributed by atoms with E-state index in [1.54, 1.807) is 136 Å². The van der Waals surface area contributed by atoms with Crippen LogP contribution in [0.5, 0.6) is 46.1 Å². The first kappa shape index (κ1) is 45.7. The van der Waals surface area contributed by atoms with Crippen LogP contribution in [0.2, 0.25) is 5.02 Å². The monoisotopic (exact) mass is 884 g/mol. The number of nitrogens with one attached hydrogen (secondary N) is 1. The third kappa shape index (κ3) is 12.6. The fraction of sp³-hybridized carbons (Fsp3) is 0.255. The summed E-state index contributed by atoms with van der Waals surface area (Å²) < 4.78 is 67.5. The van der Waals surface area contributed by atoms with E-state index in [9.17, 15) is 18.4 Å². The lowest BCUT2D eigenvalue weighted by molar-refractivity contribution is -0.136. The fourth-order valence-electron chi connectivity index (χ4n) is 6.49. The number of rotatable bonds is 22. The molecule has 1 aromatic heterocycles. The number of halogens is 3. The minimum absolute atomic E-state index is 0.00944. The molecule has 63 heavy (non-hydrogen) atoms. The molecule has 1 aliphatic rings. The van der Waals surface area contributed by atoms with Crippen molar-refractivity contribution in [3.8, 4) is 46.1 Å². The minimum Gasteiger partial charge on any atom is -0.497 e. The second-order valence-corrected chi connectivity index (χ2v) is 14.2. The van der Waals surface area contributed by atoms with Gasteiger partial charge in [-0.1, -0.05) is 17.7 Å². The summed E-state index contributed by atoms with van der Waals surface area (Å²) in [7, 11) is 4.62. The number of carbonyl (C=O) groups is 2. The quantitative estimate of drug-likeness (QED) is 0.0715. The molecule has 1 atom stereocenters. The SMILES string of the molecule is COc1ccc(Oc2ccc(OC)cc2CCC(=O)NN2C=CC=C(N(Cc3cc(OC)ccc3OCCF)C(=O)Cc3cccnc3Oc3ccc(Cl)cc3)C2OCCF)cc1. The summed E-state index contributed by atoms with van der Waals surface area (Å²) >= 11 is 6.08. The molecular weight excluding hydrogens is 838 g/mol. The van der Waals surface area contributed by atoms with Gasteiger partial charge in [0.1, 0.15) is 60.2 Å². The largest absolute Gasteiger partial charge is 0.497 e. The zero-order valence-electron chi connectivity index (χ0n) is 34.9. The molecule has 2 amide bonds. The molecule has 13 nitrogen and oxygen atoms in total. The molecule has 16 heteroatoms. The van der Waals surface area contributed by atoms with Gasteiger partial charge in [-0.2, -0.15) is 0 Å². The van der Waals surface area contributed by atoms with Gasteiger partial charge in [0.15, 0.2) is 6.23 Å². The number of hydrazine groups is 1. The van der Waals surface area contributed by atoms with Crippen LogP contribution < -0.4 is 33.8 Å². The van der Waals surface area contributed by atoms with E-state index in [-0.39, 0.29) is 50.6 Å². The van der Waals surface area contributed by atoms with Crippen molar-refractivity contribution in [2.75, 3.05) is 47.9 Å². The lowest BCUT2D eigenvalue weighted by Crippen LogP contribution is -2.52. The number of hydrogen-bond donors (Lipinski definition) is 1. The molecule has 1 aliphatic heterocycles. The maximum absolute atomic E-state index is 14.8. The van der Waals surface area contributed by atoms with Gasteiger partial charge in [0.05, 0.1) is 46.6 Å². The van der Waals surface area contributed by atoms with E-state index in [4.69, 9.17) is 44.8 Å². The molecule has 0 bridgehead atoms. The lowest BCUT2D eigenvalue weighted by Gasteiger charge is -2.38. The highest BCUT2D eigenvalue weighted by Gasteiger charge is 2.33. The molecule has 0 saturated carbocycles. The van der Waals surface area contributed by atoms with E-state index < -0.39 is 31.4 Å². The van der Waals surface area contributed by atoms with Gasteiger partial charge < -0.3 is 38.1 Å². The molecule has 5 aromatic rings. The molecule has 330 valence electrons. The third-order valence-electron chi connectivity index (χ3n) is 9.57. The van der Waals surface area contributed by atoms with Gasteiger partial charge in [-0.3, -0.25) is 20.0 Å². The lowest BCUT2D eigenvalue weighted by atomic mass is 10.1. The molecule has 0 aliphatic carbocycles. The molecule has 1 unspecified atom stereocenters. The maximum atomic E-state index is 14.8. The molecule has 4 aromatic carbocycles. The summed E-state index contributed by atoms with van der Waals surface area (Å²) in [5, 5.41) is 1.90. The van der Waals surface area contributed by atoms with Crippen LogP contribution in [-0.2, 0) is 33.7 Å². The van der Waals surface area contributed by atoms with Crippen molar-refractivity contribution in [2.45, 2.75) is 32.0 Å². The van der Waals surface area contributed by atoms with Crippen molar-refractivity contribution >= 4 is 23.4 Å². The average Bonchev–Trinajstić information content (AvgIpc) is 3.31. The second-order valence-electron chi connectivity index (χ2n) is 13.7. The Bertz CT molecular complexity index is 2370. The number of ether oxygens (including phenoxy) is 7. The maximum Gasteiger partial charge on any atom is 0.238 e. The predicted molar refractivity (Wildman–Crippen MR) is 232 cm³/mol. The summed E-state index contributed by atoms with van der Waals surface area (Å²) in [5.74, 6) is 2.89. The highest BCUT2D eigenvalue weighted by molar-refractivity contribution is 6.30. The van der Waals surface area contributed by atoms with Crippen molar-refractivity contribution in [3.05, 3.63) is 149 Å². The zero-order valence-corrected chi connectivity index (χ0v) is 35.7. The van der Waals surface area contributed by atoms with Gasteiger partial charge in [-0.25, -0.2) is 13.8 Å². The molecular formula is C47H47ClF2N4O9. The molecule has 0 saturated heterocycles. The van der Waals surface area contributed by atoms with Gasteiger partial charge in [-0.15, -0.1) is 0 Å². The Balaban J connectivity index is 1.27. The Hall–Kier alpha value is -6.84. The summed E-state index contributed by atoms with van der Waals surface area (Å²) in [5.41, 5.74) is 4.75. The van der Waals surface area contributed by atoms with Crippen LogP contribution in [0.15, 0.2) is 127 Å². The van der Waals surface area contributed by atoms with Crippen molar-refractivity contribution in [1.82, 2.24) is 20.3 Å². The molecule has 2 heterocycles. The number of alkyl halides is 2. The number of amides is 2. The Kier molecular flexibility index (Phi) is 16.6. The number of pyridine rings is 1. The topological polar surface area (TPSA) is 130 Å². The van der Waals surface area contributed by atoms with Crippen molar-refractivity contribution in [2.24, 2.45) is 0 Å². The average molecular weight is 885 g/mol. The fourth-order valence-corrected chi connectivity index (χ4v) is 6.61. The number of carbonyl (C=O) groups excluding carboxylic acids is 2. The Morgan fingerprint density at radius 1 is 0.762 bits per heavy atom. The van der Waals surface area contributed by atoms with Gasteiger partial charge in [0.2, 0.25) is 17.7 Å². The predicted octanol–water partition coefficient (Wildman–Crippen LogP) is 8.95. The Morgan fingerprint density at radius 3 is 2.10 bits per heavy atom. The van der Waals surface area contributed by atoms with E-state index >= 15 is 0 Å². The number of benzene rings is 4. The Labute approximate surface area is 369 Å². The van der Waals surface area contributed by atoms with Crippen molar-refractivity contribution in [1.29, 1.82) is 0 Å². The highest BCUT2D eigenvalue weighted by Crippen LogP contribution is 2.33. The summed E-state index contributed by atoms with van der Waals surface area (Å²) in [4.78, 5) is 34.4. The Morgan fingerprint density at radius 2 is 1.40 bits per heavy atom. The van der Waals surface area contributed by atoms with E-state index in [1.807, 2.05) is 0 Å². The normalized spacial score (nSPS) is 13.1. The van der Waals surface area contributed by atoms with Crippen LogP contribution >= 0.6 is 11.6 Å². The number of allylic oxidation sites excluding steroid dienone is 2. The third-order valence-corrected chi connectivity index (χ3v) is 9.82. The van der Waals surface area contributed by atoms with Crippen LogP contribution in [0.4, 0.5) is 8.78 Å². The summed E-state index contributed by atoms with van der Waals surface area (Å²) in [6, 6.07) is 27.5. The first-order valence-corrected chi connectivity index (χ1v) is 20.3. The van der Waals surface area contributed by atoms with Crippen LogP contribution in [0, 0.1) is 0 Å². The van der Waals surface area contributed by atoms with Crippen molar-refractivity contribution < 1.29 is 51.5 Å². The second kappa shape index (κ2) is 22.8. The minimum atomic E-state index is -1.19. The molecule has 1 N–H and O–H groups in total. The molecule has 0 spiro atoms. The van der Waals surface area contributed by atoms with Gasteiger partial charge >= 0.3 is 0 Å². The number of nitrogens with zero attached hydrogens (tertiary/aromatic N) is 3. The van der Waals surface area contributed by atoms with Gasteiger partial charge in [0.25, 0.3) is 0 Å². The highest BCUT2D eigenvalue weighted by atomic mass is 35.5. The molecule has 6 rings (SSSR count). The van der Waals surface area contributed by atoms with Crippen molar-refractivity contribution in [3.63, 3.8) is 0 Å². The summed E-state index contributed by atoms with van der Waals surface area (Å²) in [6.07, 6.45) is 5.19.